The number of benzene rings is 1. The van der Waals surface area contributed by atoms with Crippen LogP contribution in [0.3, 0.4) is 0 Å². The van der Waals surface area contributed by atoms with Gasteiger partial charge in [0.05, 0.1) is 18.5 Å². The number of rotatable bonds is 4. The molecule has 0 atom stereocenters. The van der Waals surface area contributed by atoms with E-state index in [1.165, 1.54) is 0 Å². The molecule has 0 bridgehead atoms. The Kier molecular flexibility index (Phi) is 4.84. The molecule has 26 heavy (non-hydrogen) atoms. The maximum atomic E-state index is 5.82. The molecule has 0 amide bonds. The first-order valence-electron chi connectivity index (χ1n) is 9.13. The average molecular weight is 355 g/mol. The summed E-state index contributed by atoms with van der Waals surface area (Å²) in [5, 5.41) is 3.59. The van der Waals surface area contributed by atoms with Crippen molar-refractivity contribution >= 4 is 5.69 Å². The summed E-state index contributed by atoms with van der Waals surface area (Å²) in [7, 11) is 3.82. The van der Waals surface area contributed by atoms with Crippen molar-refractivity contribution in [3.8, 4) is 28.6 Å². The van der Waals surface area contributed by atoms with E-state index in [1.54, 1.807) is 7.11 Å². The maximum Gasteiger partial charge on any atom is 0.237 e. The van der Waals surface area contributed by atoms with E-state index in [9.17, 15) is 0 Å². The summed E-state index contributed by atoms with van der Waals surface area (Å²) in [6.45, 7) is 3.35. The Morgan fingerprint density at radius 2 is 1.92 bits per heavy atom. The van der Waals surface area contributed by atoms with Crippen molar-refractivity contribution in [2.24, 2.45) is 0 Å². The van der Waals surface area contributed by atoms with Crippen LogP contribution in [-0.4, -0.2) is 56.4 Å². The lowest BCUT2D eigenvalue weighted by molar-refractivity contribution is 0.172. The largest absolute Gasteiger partial charge is 0.486 e. The van der Waals surface area contributed by atoms with Gasteiger partial charge in [0.2, 0.25) is 5.88 Å². The maximum absolute atomic E-state index is 5.82. The van der Waals surface area contributed by atoms with Crippen LogP contribution in [0, 0.1) is 0 Å². The first kappa shape index (κ1) is 17.0. The molecule has 1 aromatic heterocycles. The zero-order valence-corrected chi connectivity index (χ0v) is 15.3. The van der Waals surface area contributed by atoms with Crippen molar-refractivity contribution in [2.45, 2.75) is 18.9 Å². The number of likely N-dealkylation sites (tertiary alicyclic amines) is 1. The summed E-state index contributed by atoms with van der Waals surface area (Å²) in [5.41, 5.74) is 2.68. The highest BCUT2D eigenvalue weighted by molar-refractivity contribution is 5.73. The Hall–Kier alpha value is -2.47. The van der Waals surface area contributed by atoms with Crippen LogP contribution in [0.5, 0.6) is 17.4 Å². The molecular formula is C20H25N3O3. The van der Waals surface area contributed by atoms with Gasteiger partial charge in [-0.3, -0.25) is 0 Å². The molecule has 0 aliphatic carbocycles. The van der Waals surface area contributed by atoms with Gasteiger partial charge in [-0.2, -0.15) is 0 Å². The molecule has 3 heterocycles. The molecule has 4 rings (SSSR count). The number of nitrogens with one attached hydrogen (secondary N) is 1. The topological polar surface area (TPSA) is 55.9 Å². The van der Waals surface area contributed by atoms with Crippen molar-refractivity contribution < 1.29 is 14.2 Å². The summed E-state index contributed by atoms with van der Waals surface area (Å²) in [4.78, 5) is 7.08. The van der Waals surface area contributed by atoms with E-state index in [2.05, 4.69) is 17.3 Å². The van der Waals surface area contributed by atoms with E-state index >= 15 is 0 Å². The van der Waals surface area contributed by atoms with Crippen molar-refractivity contribution in [3.05, 3.63) is 30.3 Å². The van der Waals surface area contributed by atoms with Crippen molar-refractivity contribution in [1.29, 1.82) is 0 Å². The van der Waals surface area contributed by atoms with Crippen molar-refractivity contribution in [3.63, 3.8) is 0 Å². The predicted octanol–water partition coefficient (Wildman–Crippen LogP) is 3.03. The van der Waals surface area contributed by atoms with Crippen LogP contribution in [0.4, 0.5) is 5.69 Å². The Labute approximate surface area is 154 Å². The number of piperidine rings is 1. The Bertz CT molecular complexity index is 773. The summed E-state index contributed by atoms with van der Waals surface area (Å²) < 4.78 is 17.1. The van der Waals surface area contributed by atoms with E-state index < -0.39 is 0 Å². The number of aromatic nitrogens is 1. The molecule has 1 saturated heterocycles. The number of pyridine rings is 1. The third kappa shape index (κ3) is 3.42. The van der Waals surface area contributed by atoms with Gasteiger partial charge >= 0.3 is 0 Å². The summed E-state index contributed by atoms with van der Waals surface area (Å²) >= 11 is 0. The summed E-state index contributed by atoms with van der Waals surface area (Å²) in [5.74, 6) is 2.13. The first-order valence-corrected chi connectivity index (χ1v) is 9.13. The van der Waals surface area contributed by atoms with Crippen LogP contribution >= 0.6 is 0 Å². The minimum Gasteiger partial charge on any atom is -0.486 e. The first-order chi connectivity index (χ1) is 12.7. The van der Waals surface area contributed by atoms with Gasteiger partial charge in [-0.15, -0.1) is 0 Å². The van der Waals surface area contributed by atoms with E-state index in [1.807, 2.05) is 30.3 Å². The molecule has 1 aromatic carbocycles. The second-order valence-corrected chi connectivity index (χ2v) is 6.80. The number of ether oxygens (including phenoxy) is 3. The van der Waals surface area contributed by atoms with E-state index in [0.29, 0.717) is 25.1 Å². The van der Waals surface area contributed by atoms with Gasteiger partial charge in [0.25, 0.3) is 0 Å². The second kappa shape index (κ2) is 7.41. The van der Waals surface area contributed by atoms with E-state index in [-0.39, 0.29) is 0 Å². The van der Waals surface area contributed by atoms with Gasteiger partial charge in [0.15, 0.2) is 11.5 Å². The smallest absolute Gasteiger partial charge is 0.237 e. The Balaban J connectivity index is 1.60. The fourth-order valence-corrected chi connectivity index (χ4v) is 3.50. The molecular weight excluding hydrogens is 330 g/mol. The van der Waals surface area contributed by atoms with Gasteiger partial charge < -0.3 is 24.4 Å². The molecule has 6 nitrogen and oxygen atoms in total. The van der Waals surface area contributed by atoms with Crippen LogP contribution in [0.15, 0.2) is 30.3 Å². The van der Waals surface area contributed by atoms with Crippen LogP contribution in [-0.2, 0) is 0 Å². The highest BCUT2D eigenvalue weighted by atomic mass is 16.6. The Morgan fingerprint density at radius 3 is 2.73 bits per heavy atom. The molecule has 2 aromatic rings. The number of hydrogen-bond donors (Lipinski definition) is 1. The quantitative estimate of drug-likeness (QED) is 0.910. The average Bonchev–Trinajstić information content (AvgIpc) is 2.69. The third-order valence-electron chi connectivity index (χ3n) is 4.97. The lowest BCUT2D eigenvalue weighted by Crippen LogP contribution is -2.36. The van der Waals surface area contributed by atoms with E-state index in [4.69, 9.17) is 19.2 Å². The number of anilines is 1. The van der Waals surface area contributed by atoms with Crippen molar-refractivity contribution in [1.82, 2.24) is 9.88 Å². The van der Waals surface area contributed by atoms with Crippen LogP contribution in [0.1, 0.15) is 12.8 Å². The molecule has 138 valence electrons. The van der Waals surface area contributed by atoms with Crippen LogP contribution in [0.2, 0.25) is 0 Å². The van der Waals surface area contributed by atoms with Gasteiger partial charge in [-0.25, -0.2) is 4.98 Å². The molecule has 2 aliphatic rings. The molecule has 1 N–H and O–H groups in total. The Morgan fingerprint density at radius 1 is 1.12 bits per heavy atom. The zero-order chi connectivity index (χ0) is 17.9. The summed E-state index contributed by atoms with van der Waals surface area (Å²) in [6.07, 6.45) is 2.25. The molecule has 0 saturated carbocycles. The van der Waals surface area contributed by atoms with Crippen LogP contribution in [0.25, 0.3) is 11.3 Å². The number of nitrogens with zero attached hydrogens (tertiary/aromatic N) is 2. The summed E-state index contributed by atoms with van der Waals surface area (Å²) in [6, 6.07) is 10.4. The second-order valence-electron chi connectivity index (χ2n) is 6.80. The fourth-order valence-electron chi connectivity index (χ4n) is 3.50. The van der Waals surface area contributed by atoms with E-state index in [0.717, 1.165) is 54.4 Å². The number of hydrogen-bond acceptors (Lipinski definition) is 6. The normalized spacial score (nSPS) is 17.8. The highest BCUT2D eigenvalue weighted by Crippen LogP contribution is 2.40. The third-order valence-corrected chi connectivity index (χ3v) is 4.97. The minimum absolute atomic E-state index is 0.453. The van der Waals surface area contributed by atoms with Gasteiger partial charge in [-0.1, -0.05) is 6.07 Å². The number of para-hydroxylation sites is 1. The molecule has 0 spiro atoms. The van der Waals surface area contributed by atoms with Crippen molar-refractivity contribution in [2.75, 3.05) is 45.8 Å². The number of methoxy groups -OCH3 is 1. The van der Waals surface area contributed by atoms with Gasteiger partial charge in [0.1, 0.15) is 13.2 Å². The fraction of sp³-hybridized carbons (Fsp3) is 0.450. The molecule has 0 radical (unpaired) electrons. The minimum atomic E-state index is 0.453. The van der Waals surface area contributed by atoms with Gasteiger partial charge in [0, 0.05) is 11.6 Å². The highest BCUT2D eigenvalue weighted by Gasteiger charge is 2.21. The molecule has 1 fully saturated rings. The van der Waals surface area contributed by atoms with Gasteiger partial charge in [-0.05, 0) is 57.2 Å². The predicted molar refractivity (Wildman–Crippen MR) is 101 cm³/mol. The lowest BCUT2D eigenvalue weighted by Gasteiger charge is -2.30. The SMILES string of the molecule is COc1nc(-c2cccc3c2OCCO3)ccc1NC1CCN(C)CC1. The molecule has 0 unspecified atom stereocenters. The zero-order valence-electron chi connectivity index (χ0n) is 15.3. The monoisotopic (exact) mass is 355 g/mol. The van der Waals surface area contributed by atoms with Crippen LogP contribution < -0.4 is 19.5 Å². The molecule has 2 aliphatic heterocycles. The standard InChI is InChI=1S/C20H25N3O3/c1-23-10-8-14(9-11-23)21-17-7-6-16(22-20(17)24-2)15-4-3-5-18-19(15)26-13-12-25-18/h3-7,14,21H,8-13H2,1-2H3. The molecule has 6 heteroatoms. The lowest BCUT2D eigenvalue weighted by atomic mass is 10.0. The number of fused-ring (bicyclic) bond motifs is 1.